The van der Waals surface area contributed by atoms with Gasteiger partial charge in [-0.2, -0.15) is 0 Å². The number of para-hydroxylation sites is 2. The highest BCUT2D eigenvalue weighted by molar-refractivity contribution is 6.07. The Morgan fingerprint density at radius 1 is 0.893 bits per heavy atom. The SMILES string of the molecule is CCOc1ccccc1NC(=O)c1cccc(NC(=O)c2ccccc2F)c1. The molecule has 142 valence electrons. The third-order valence-corrected chi connectivity index (χ3v) is 3.94. The lowest BCUT2D eigenvalue weighted by atomic mass is 10.1. The molecule has 0 saturated heterocycles. The molecule has 3 aromatic rings. The number of halogens is 1. The van der Waals surface area contributed by atoms with Crippen molar-refractivity contribution in [3.8, 4) is 5.75 Å². The first kappa shape index (κ1) is 19.1. The monoisotopic (exact) mass is 378 g/mol. The second-order valence-corrected chi connectivity index (χ2v) is 5.90. The number of amides is 2. The predicted molar refractivity (Wildman–Crippen MR) is 106 cm³/mol. The number of carbonyl (C=O) groups excluding carboxylic acids is 2. The van der Waals surface area contributed by atoms with Crippen LogP contribution >= 0.6 is 0 Å². The molecule has 6 heteroatoms. The van der Waals surface area contributed by atoms with E-state index in [4.69, 9.17) is 4.74 Å². The Morgan fingerprint density at radius 3 is 2.43 bits per heavy atom. The Labute approximate surface area is 162 Å². The van der Waals surface area contributed by atoms with Gasteiger partial charge in [0.2, 0.25) is 0 Å². The van der Waals surface area contributed by atoms with Crippen molar-refractivity contribution in [3.05, 3.63) is 89.7 Å². The summed E-state index contributed by atoms with van der Waals surface area (Å²) < 4.78 is 19.3. The zero-order valence-corrected chi connectivity index (χ0v) is 15.2. The molecule has 0 aliphatic heterocycles. The molecule has 3 rings (SSSR count). The molecule has 5 nitrogen and oxygen atoms in total. The van der Waals surface area contributed by atoms with Gasteiger partial charge in [-0.3, -0.25) is 9.59 Å². The number of benzene rings is 3. The molecule has 0 bridgehead atoms. The minimum absolute atomic E-state index is 0.0667. The fraction of sp³-hybridized carbons (Fsp3) is 0.0909. The molecular formula is C22H19FN2O3. The van der Waals surface area contributed by atoms with Crippen LogP contribution in [-0.2, 0) is 0 Å². The van der Waals surface area contributed by atoms with Gasteiger partial charge < -0.3 is 15.4 Å². The highest BCUT2D eigenvalue weighted by Crippen LogP contribution is 2.24. The van der Waals surface area contributed by atoms with Crippen LogP contribution in [0, 0.1) is 5.82 Å². The fourth-order valence-corrected chi connectivity index (χ4v) is 2.63. The second kappa shape index (κ2) is 8.81. The summed E-state index contributed by atoms with van der Waals surface area (Å²) in [6.07, 6.45) is 0. The molecule has 0 aliphatic rings. The third-order valence-electron chi connectivity index (χ3n) is 3.94. The number of hydrogen-bond donors (Lipinski definition) is 2. The van der Waals surface area contributed by atoms with E-state index in [1.165, 1.54) is 24.3 Å². The number of anilines is 2. The molecule has 0 unspecified atom stereocenters. The van der Waals surface area contributed by atoms with Crippen molar-refractivity contribution < 1.29 is 18.7 Å². The van der Waals surface area contributed by atoms with Crippen molar-refractivity contribution in [1.29, 1.82) is 0 Å². The molecule has 0 aromatic heterocycles. The molecule has 0 saturated carbocycles. The summed E-state index contributed by atoms with van der Waals surface area (Å²) >= 11 is 0. The summed E-state index contributed by atoms with van der Waals surface area (Å²) in [4.78, 5) is 24.8. The number of hydrogen-bond acceptors (Lipinski definition) is 3. The van der Waals surface area contributed by atoms with Crippen LogP contribution in [0.15, 0.2) is 72.8 Å². The van der Waals surface area contributed by atoms with Crippen LogP contribution in [0.5, 0.6) is 5.75 Å². The summed E-state index contributed by atoms with van der Waals surface area (Å²) in [7, 11) is 0. The normalized spacial score (nSPS) is 10.2. The van der Waals surface area contributed by atoms with Gasteiger partial charge in [-0.15, -0.1) is 0 Å². The molecule has 0 atom stereocenters. The summed E-state index contributed by atoms with van der Waals surface area (Å²) in [6, 6.07) is 19.2. The largest absolute Gasteiger partial charge is 0.492 e. The van der Waals surface area contributed by atoms with E-state index in [1.807, 2.05) is 13.0 Å². The lowest BCUT2D eigenvalue weighted by Crippen LogP contribution is -2.16. The van der Waals surface area contributed by atoms with Crippen molar-refractivity contribution >= 4 is 23.2 Å². The molecule has 0 fully saturated rings. The minimum Gasteiger partial charge on any atom is -0.492 e. The van der Waals surface area contributed by atoms with Crippen LogP contribution in [0.4, 0.5) is 15.8 Å². The van der Waals surface area contributed by atoms with Crippen LogP contribution in [-0.4, -0.2) is 18.4 Å². The van der Waals surface area contributed by atoms with E-state index in [2.05, 4.69) is 10.6 Å². The molecule has 0 spiro atoms. The van der Waals surface area contributed by atoms with E-state index < -0.39 is 11.7 Å². The zero-order chi connectivity index (χ0) is 19.9. The van der Waals surface area contributed by atoms with Crippen LogP contribution in [0.1, 0.15) is 27.6 Å². The molecule has 28 heavy (non-hydrogen) atoms. The van der Waals surface area contributed by atoms with E-state index in [1.54, 1.807) is 42.5 Å². The average Bonchev–Trinajstić information content (AvgIpc) is 2.70. The molecule has 0 radical (unpaired) electrons. The van der Waals surface area contributed by atoms with Gasteiger partial charge in [-0.25, -0.2) is 4.39 Å². The lowest BCUT2D eigenvalue weighted by molar-refractivity contribution is 0.101. The van der Waals surface area contributed by atoms with Gasteiger partial charge in [0.25, 0.3) is 11.8 Å². The maximum Gasteiger partial charge on any atom is 0.258 e. The smallest absolute Gasteiger partial charge is 0.258 e. The summed E-state index contributed by atoms with van der Waals surface area (Å²) in [5, 5.41) is 5.40. The van der Waals surface area contributed by atoms with E-state index in [0.29, 0.717) is 29.3 Å². The number of carbonyl (C=O) groups is 2. The maximum atomic E-state index is 13.8. The molecule has 3 aromatic carbocycles. The van der Waals surface area contributed by atoms with Crippen molar-refractivity contribution in [2.45, 2.75) is 6.92 Å². The van der Waals surface area contributed by atoms with Gasteiger partial charge in [-0.1, -0.05) is 30.3 Å². The number of rotatable bonds is 6. The van der Waals surface area contributed by atoms with Crippen molar-refractivity contribution in [2.24, 2.45) is 0 Å². The minimum atomic E-state index is -0.610. The molecule has 2 amide bonds. The highest BCUT2D eigenvalue weighted by atomic mass is 19.1. The standard InChI is InChI=1S/C22H19FN2O3/c1-2-28-20-13-6-5-12-19(20)25-21(26)15-8-7-9-16(14-15)24-22(27)17-10-3-4-11-18(17)23/h3-14H,2H2,1H3,(H,24,27)(H,25,26). The van der Waals surface area contributed by atoms with Crippen molar-refractivity contribution in [1.82, 2.24) is 0 Å². The van der Waals surface area contributed by atoms with Crippen molar-refractivity contribution in [3.63, 3.8) is 0 Å². The van der Waals surface area contributed by atoms with Crippen LogP contribution in [0.2, 0.25) is 0 Å². The van der Waals surface area contributed by atoms with Gasteiger partial charge in [0.15, 0.2) is 0 Å². The van der Waals surface area contributed by atoms with Gasteiger partial charge in [0.1, 0.15) is 11.6 Å². The quantitative estimate of drug-likeness (QED) is 0.652. The Hall–Kier alpha value is -3.67. The first-order chi connectivity index (χ1) is 13.6. The topological polar surface area (TPSA) is 67.4 Å². The van der Waals surface area contributed by atoms with Gasteiger partial charge >= 0.3 is 0 Å². The first-order valence-electron chi connectivity index (χ1n) is 8.77. The van der Waals surface area contributed by atoms with E-state index in [9.17, 15) is 14.0 Å². The Morgan fingerprint density at radius 2 is 1.64 bits per heavy atom. The molecular weight excluding hydrogens is 359 g/mol. The number of nitrogens with one attached hydrogen (secondary N) is 2. The molecule has 0 heterocycles. The van der Waals surface area contributed by atoms with Crippen LogP contribution in [0.3, 0.4) is 0 Å². The van der Waals surface area contributed by atoms with E-state index >= 15 is 0 Å². The maximum absolute atomic E-state index is 13.8. The van der Waals surface area contributed by atoms with Crippen molar-refractivity contribution in [2.75, 3.05) is 17.2 Å². The zero-order valence-electron chi connectivity index (χ0n) is 15.2. The Kier molecular flexibility index (Phi) is 6.01. The van der Waals surface area contributed by atoms with Gasteiger partial charge in [0, 0.05) is 11.3 Å². The Bertz CT molecular complexity index is 1000. The second-order valence-electron chi connectivity index (χ2n) is 5.90. The number of ether oxygens (including phenoxy) is 1. The predicted octanol–water partition coefficient (Wildman–Crippen LogP) is 4.73. The summed E-state index contributed by atoms with van der Waals surface area (Å²) in [5.41, 5.74) is 1.22. The highest BCUT2D eigenvalue weighted by Gasteiger charge is 2.13. The average molecular weight is 378 g/mol. The third kappa shape index (κ3) is 4.54. The molecule has 2 N–H and O–H groups in total. The van der Waals surface area contributed by atoms with Gasteiger partial charge in [-0.05, 0) is 49.4 Å². The van der Waals surface area contributed by atoms with Crippen LogP contribution in [0.25, 0.3) is 0 Å². The lowest BCUT2D eigenvalue weighted by Gasteiger charge is -2.12. The fourth-order valence-electron chi connectivity index (χ4n) is 2.63. The van der Waals surface area contributed by atoms with E-state index in [0.717, 1.165) is 0 Å². The first-order valence-corrected chi connectivity index (χ1v) is 8.77. The summed E-state index contributed by atoms with van der Waals surface area (Å²) in [6.45, 7) is 2.34. The van der Waals surface area contributed by atoms with Gasteiger partial charge in [0.05, 0.1) is 17.9 Å². The Balaban J connectivity index is 1.75. The summed E-state index contributed by atoms with van der Waals surface area (Å²) in [5.74, 6) is -0.977. The van der Waals surface area contributed by atoms with Crippen LogP contribution < -0.4 is 15.4 Å². The molecule has 0 aliphatic carbocycles. The van der Waals surface area contributed by atoms with E-state index in [-0.39, 0.29) is 11.5 Å².